The number of nitrogens with zero attached hydrogens (tertiary/aromatic N) is 1. The van der Waals surface area contributed by atoms with Crippen molar-refractivity contribution in [1.29, 1.82) is 0 Å². The fourth-order valence-electron chi connectivity index (χ4n) is 2.94. The first-order chi connectivity index (χ1) is 10.4. The van der Waals surface area contributed by atoms with E-state index >= 15 is 0 Å². The first kappa shape index (κ1) is 14.9. The van der Waals surface area contributed by atoms with Crippen LogP contribution in [0.1, 0.15) is 44.7 Å². The molecule has 0 aliphatic carbocycles. The predicted molar refractivity (Wildman–Crippen MR) is 95.9 cm³/mol. The predicted octanol–water partition coefficient (Wildman–Crippen LogP) is 6.09. The maximum absolute atomic E-state index is 2.33. The van der Waals surface area contributed by atoms with Crippen LogP contribution < -0.4 is 0 Å². The standard InChI is InChI=1S/C21H25N/c1-15-10-12-17(13-11-15)22-14-19(16(2)21(3,4)5)18-8-6-7-9-20(18)22/h6-14,16H,1-5H3. The van der Waals surface area contributed by atoms with Crippen molar-refractivity contribution in [1.82, 2.24) is 4.57 Å². The molecule has 1 heterocycles. The van der Waals surface area contributed by atoms with Crippen LogP contribution in [0.2, 0.25) is 0 Å². The minimum absolute atomic E-state index is 0.252. The summed E-state index contributed by atoms with van der Waals surface area (Å²) in [5, 5.41) is 1.37. The SMILES string of the molecule is Cc1ccc(-n2cc(C(C)C(C)(C)C)c3ccccc32)cc1. The van der Waals surface area contributed by atoms with Crippen molar-refractivity contribution in [2.75, 3.05) is 0 Å². The molecule has 2 aromatic carbocycles. The molecule has 1 nitrogen and oxygen atoms in total. The Morgan fingerprint density at radius 1 is 0.909 bits per heavy atom. The molecule has 0 amide bonds. The lowest BCUT2D eigenvalue weighted by molar-refractivity contribution is 0.341. The fourth-order valence-corrected chi connectivity index (χ4v) is 2.94. The minimum atomic E-state index is 0.252. The summed E-state index contributed by atoms with van der Waals surface area (Å²) in [6.07, 6.45) is 2.32. The second-order valence-corrected chi connectivity index (χ2v) is 7.39. The van der Waals surface area contributed by atoms with Crippen LogP contribution >= 0.6 is 0 Å². The molecule has 0 saturated heterocycles. The Morgan fingerprint density at radius 2 is 1.55 bits per heavy atom. The Hall–Kier alpha value is -2.02. The Kier molecular flexibility index (Phi) is 3.60. The molecule has 0 spiro atoms. The maximum atomic E-state index is 2.33. The van der Waals surface area contributed by atoms with E-state index in [-0.39, 0.29) is 5.41 Å². The molecule has 0 fully saturated rings. The molecule has 0 N–H and O–H groups in total. The van der Waals surface area contributed by atoms with Gasteiger partial charge < -0.3 is 4.57 Å². The lowest BCUT2D eigenvalue weighted by Gasteiger charge is -2.27. The van der Waals surface area contributed by atoms with Gasteiger partial charge in [-0.1, -0.05) is 63.6 Å². The molecular formula is C21H25N. The molecular weight excluding hydrogens is 266 g/mol. The highest BCUT2D eigenvalue weighted by Crippen LogP contribution is 2.39. The molecule has 0 bridgehead atoms. The van der Waals surface area contributed by atoms with Gasteiger partial charge in [-0.3, -0.25) is 0 Å². The Morgan fingerprint density at radius 3 is 2.18 bits per heavy atom. The van der Waals surface area contributed by atoms with Crippen LogP contribution in [0.4, 0.5) is 0 Å². The van der Waals surface area contributed by atoms with Crippen molar-refractivity contribution in [2.24, 2.45) is 5.41 Å². The summed E-state index contributed by atoms with van der Waals surface area (Å²) < 4.78 is 2.33. The molecule has 1 aromatic heterocycles. The number of aromatic nitrogens is 1. The number of aryl methyl sites for hydroxylation is 1. The minimum Gasteiger partial charge on any atom is -0.316 e. The van der Waals surface area contributed by atoms with Gasteiger partial charge in [0, 0.05) is 17.3 Å². The number of para-hydroxylation sites is 1. The van der Waals surface area contributed by atoms with Crippen molar-refractivity contribution < 1.29 is 0 Å². The van der Waals surface area contributed by atoms with Gasteiger partial charge in [0.2, 0.25) is 0 Å². The molecule has 0 saturated carbocycles. The van der Waals surface area contributed by atoms with E-state index in [1.165, 1.54) is 27.7 Å². The number of hydrogen-bond donors (Lipinski definition) is 0. The summed E-state index contributed by atoms with van der Waals surface area (Å²) in [4.78, 5) is 0. The van der Waals surface area contributed by atoms with E-state index in [0.717, 1.165) is 0 Å². The third kappa shape index (κ3) is 2.56. The molecule has 3 rings (SSSR count). The van der Waals surface area contributed by atoms with E-state index < -0.39 is 0 Å². The zero-order valence-electron chi connectivity index (χ0n) is 14.2. The third-order valence-corrected chi connectivity index (χ3v) is 4.82. The molecule has 1 atom stereocenters. The van der Waals surface area contributed by atoms with Gasteiger partial charge in [-0.15, -0.1) is 0 Å². The van der Waals surface area contributed by atoms with Gasteiger partial charge in [-0.25, -0.2) is 0 Å². The molecule has 1 heteroatoms. The molecule has 3 aromatic rings. The lowest BCUT2D eigenvalue weighted by atomic mass is 9.78. The van der Waals surface area contributed by atoms with Crippen molar-refractivity contribution in [3.05, 3.63) is 65.9 Å². The third-order valence-electron chi connectivity index (χ3n) is 4.82. The summed E-state index contributed by atoms with van der Waals surface area (Å²) in [6.45, 7) is 11.4. The first-order valence-electron chi connectivity index (χ1n) is 8.05. The van der Waals surface area contributed by atoms with E-state index in [9.17, 15) is 0 Å². The average Bonchev–Trinajstić information content (AvgIpc) is 2.86. The van der Waals surface area contributed by atoms with Crippen LogP contribution in [0.25, 0.3) is 16.6 Å². The highest BCUT2D eigenvalue weighted by atomic mass is 15.0. The quantitative estimate of drug-likeness (QED) is 0.538. The molecule has 0 radical (unpaired) electrons. The highest BCUT2D eigenvalue weighted by molar-refractivity contribution is 5.86. The smallest absolute Gasteiger partial charge is 0.0531 e. The summed E-state index contributed by atoms with van der Waals surface area (Å²) in [6, 6.07) is 17.5. The van der Waals surface area contributed by atoms with Crippen LogP contribution in [-0.2, 0) is 0 Å². The van der Waals surface area contributed by atoms with Crippen LogP contribution in [-0.4, -0.2) is 4.57 Å². The van der Waals surface area contributed by atoms with E-state index in [0.29, 0.717) is 5.92 Å². The molecule has 0 aliphatic heterocycles. The maximum Gasteiger partial charge on any atom is 0.0531 e. The summed E-state index contributed by atoms with van der Waals surface area (Å²) in [7, 11) is 0. The average molecular weight is 291 g/mol. The van der Waals surface area contributed by atoms with E-state index in [2.05, 4.69) is 93.9 Å². The van der Waals surface area contributed by atoms with Gasteiger partial charge in [0.1, 0.15) is 0 Å². The Balaban J connectivity index is 2.22. The molecule has 0 aliphatic rings. The van der Waals surface area contributed by atoms with Crippen LogP contribution in [0.3, 0.4) is 0 Å². The number of benzene rings is 2. The Labute approximate surface area is 133 Å². The number of rotatable bonds is 2. The van der Waals surface area contributed by atoms with Crippen molar-refractivity contribution in [2.45, 2.75) is 40.5 Å². The van der Waals surface area contributed by atoms with Crippen molar-refractivity contribution in [3.63, 3.8) is 0 Å². The number of hydrogen-bond acceptors (Lipinski definition) is 0. The van der Waals surface area contributed by atoms with E-state index in [4.69, 9.17) is 0 Å². The second kappa shape index (κ2) is 5.31. The molecule has 114 valence electrons. The molecule has 22 heavy (non-hydrogen) atoms. The monoisotopic (exact) mass is 291 g/mol. The van der Waals surface area contributed by atoms with E-state index in [1.54, 1.807) is 0 Å². The van der Waals surface area contributed by atoms with Gasteiger partial charge in [-0.2, -0.15) is 0 Å². The van der Waals surface area contributed by atoms with Gasteiger partial charge in [-0.05, 0) is 42.0 Å². The normalized spacial score (nSPS) is 13.5. The van der Waals surface area contributed by atoms with Crippen LogP contribution in [0.5, 0.6) is 0 Å². The van der Waals surface area contributed by atoms with Crippen molar-refractivity contribution in [3.8, 4) is 5.69 Å². The highest BCUT2D eigenvalue weighted by Gasteiger charge is 2.25. The summed E-state index contributed by atoms with van der Waals surface area (Å²) >= 11 is 0. The summed E-state index contributed by atoms with van der Waals surface area (Å²) in [5.74, 6) is 0.504. The second-order valence-electron chi connectivity index (χ2n) is 7.39. The lowest BCUT2D eigenvalue weighted by Crippen LogP contribution is -2.14. The van der Waals surface area contributed by atoms with Gasteiger partial charge >= 0.3 is 0 Å². The largest absolute Gasteiger partial charge is 0.316 e. The van der Waals surface area contributed by atoms with Gasteiger partial charge in [0.05, 0.1) is 5.52 Å². The fraction of sp³-hybridized carbons (Fsp3) is 0.333. The van der Waals surface area contributed by atoms with Crippen LogP contribution in [0.15, 0.2) is 54.7 Å². The van der Waals surface area contributed by atoms with Gasteiger partial charge in [0.15, 0.2) is 0 Å². The van der Waals surface area contributed by atoms with E-state index in [1.807, 2.05) is 0 Å². The van der Waals surface area contributed by atoms with Crippen LogP contribution in [0, 0.1) is 12.3 Å². The topological polar surface area (TPSA) is 4.93 Å². The van der Waals surface area contributed by atoms with Gasteiger partial charge in [0.25, 0.3) is 0 Å². The van der Waals surface area contributed by atoms with Crippen molar-refractivity contribution >= 4 is 10.9 Å². The zero-order chi connectivity index (χ0) is 15.9. The molecule has 1 unspecified atom stereocenters. The number of fused-ring (bicyclic) bond motifs is 1. The Bertz CT molecular complexity index is 785. The first-order valence-corrected chi connectivity index (χ1v) is 8.05. The zero-order valence-corrected chi connectivity index (χ0v) is 14.2. The summed E-state index contributed by atoms with van der Waals surface area (Å²) in [5.41, 5.74) is 5.50.